The minimum absolute atomic E-state index is 0. The number of fused-ring (bicyclic) bond motifs is 21. The molecule has 15 rings (SSSR count). The number of ether oxygens (including phenoxy) is 3. The SMILES string of the molecule is CC(=O)O[C@H]1CC[C@]2(C)[C@H]3C(=O)C=C4[C@@H]5C[C@@](C)(C(=O)O)CC[C@]5(C)CC[C@@]4(C)[C@]3(C)CC[C@H]2C1(C)C.CC(=O)O[C@H]1CC[C@]2(C)[C@H]3C(=O)C=C4[C@@H]5C[C@@](C)(C(=O)O)CC[C@]5(C)CC[C@@]4(C)[C@]3(C)CC[C@H]2C1(C)C.CC(=O)O[C@H]1CC[C@]2(C)[C@H]3C(=O)C=C4[C@@H]5C[C@@](C)(C(=O)O)CC[C@]5(C)CC[C@@]4(C)[C@]3(C)CC[C@H]2C1(C)C.[Al]. The monoisotopic (exact) mass is 1560 g/mol. The Morgan fingerprint density at radius 3 is 0.732 bits per heavy atom. The molecular formula is C96H144AlO15. The Morgan fingerprint density at radius 1 is 0.312 bits per heavy atom. The third-order valence-corrected chi connectivity index (χ3v) is 40.0. The van der Waals surface area contributed by atoms with Gasteiger partial charge in [0.05, 0.1) is 16.2 Å². The molecule has 16 heteroatoms. The van der Waals surface area contributed by atoms with E-state index in [1.807, 2.05) is 39.0 Å². The first-order valence-corrected chi connectivity index (χ1v) is 43.8. The second-order valence-corrected chi connectivity index (χ2v) is 46.5. The first kappa shape index (κ1) is 86.9. The van der Waals surface area contributed by atoms with Gasteiger partial charge in [-0.15, -0.1) is 0 Å². The van der Waals surface area contributed by atoms with Crippen LogP contribution in [0.3, 0.4) is 0 Å². The smallest absolute Gasteiger partial charge is 0.309 e. The van der Waals surface area contributed by atoms with Crippen LogP contribution in [0.25, 0.3) is 0 Å². The summed E-state index contributed by atoms with van der Waals surface area (Å²) in [5.41, 5.74) is -0.0980. The molecule has 3 N–H and O–H groups in total. The van der Waals surface area contributed by atoms with Crippen molar-refractivity contribution >= 4 is 70.5 Å². The van der Waals surface area contributed by atoms with Crippen molar-refractivity contribution in [3.8, 4) is 0 Å². The van der Waals surface area contributed by atoms with E-state index in [4.69, 9.17) is 14.2 Å². The van der Waals surface area contributed by atoms with Gasteiger partial charge in [-0.2, -0.15) is 0 Å². The predicted octanol–water partition coefficient (Wildman–Crippen LogP) is 20.6. The maximum absolute atomic E-state index is 14.4. The summed E-state index contributed by atoms with van der Waals surface area (Å²) in [5.74, 6) is -0.841. The van der Waals surface area contributed by atoms with E-state index in [2.05, 4.69) is 125 Å². The summed E-state index contributed by atoms with van der Waals surface area (Å²) in [5, 5.41) is 30.3. The molecule has 0 aromatic carbocycles. The van der Waals surface area contributed by atoms with E-state index >= 15 is 0 Å². The average molecular weight is 1570 g/mol. The lowest BCUT2D eigenvalue weighted by Crippen LogP contribution is -2.66. The van der Waals surface area contributed by atoms with E-state index in [-0.39, 0.29) is 188 Å². The van der Waals surface area contributed by atoms with Gasteiger partial charge in [-0.1, -0.05) is 141 Å². The molecule has 0 aliphatic heterocycles. The summed E-state index contributed by atoms with van der Waals surface area (Å²) in [4.78, 5) is 116. The Balaban J connectivity index is 0.000000155. The zero-order valence-corrected chi connectivity index (χ0v) is 74.7. The Kier molecular flexibility index (Phi) is 21.2. The quantitative estimate of drug-likeness (QED) is 0.127. The van der Waals surface area contributed by atoms with E-state index < -0.39 is 34.2 Å². The van der Waals surface area contributed by atoms with Crippen molar-refractivity contribution in [1.82, 2.24) is 0 Å². The van der Waals surface area contributed by atoms with Crippen LogP contribution in [0.2, 0.25) is 0 Å². The highest BCUT2D eigenvalue weighted by Crippen LogP contribution is 2.80. The first-order chi connectivity index (χ1) is 50.8. The Morgan fingerprint density at radius 2 is 0.527 bits per heavy atom. The molecule has 27 atom stereocenters. The summed E-state index contributed by atoms with van der Waals surface area (Å²) >= 11 is 0. The van der Waals surface area contributed by atoms with Gasteiger partial charge in [0.1, 0.15) is 18.3 Å². The molecule has 0 bridgehead atoms. The van der Waals surface area contributed by atoms with E-state index in [0.29, 0.717) is 56.3 Å². The van der Waals surface area contributed by atoms with Gasteiger partial charge < -0.3 is 29.5 Å². The van der Waals surface area contributed by atoms with Crippen LogP contribution in [0, 0.1) is 151 Å². The number of allylic oxidation sites excluding steroid dienone is 6. The Hall–Kier alpha value is -4.42. The molecule has 15 nitrogen and oxygen atoms in total. The maximum Gasteiger partial charge on any atom is 0.309 e. The molecule has 621 valence electrons. The molecule has 0 saturated heterocycles. The van der Waals surface area contributed by atoms with Crippen LogP contribution < -0.4 is 0 Å². The lowest BCUT2D eigenvalue weighted by Gasteiger charge is -2.70. The van der Waals surface area contributed by atoms with E-state index in [9.17, 15) is 58.5 Å². The fourth-order valence-corrected chi connectivity index (χ4v) is 32.3. The molecule has 0 spiro atoms. The molecule has 3 radical (unpaired) electrons. The highest BCUT2D eigenvalue weighted by molar-refractivity contribution is 5.97. The molecule has 0 unspecified atom stereocenters. The number of aliphatic carboxylic acids is 3. The topological polar surface area (TPSA) is 242 Å². The van der Waals surface area contributed by atoms with Crippen LogP contribution in [0.1, 0.15) is 340 Å². The molecule has 0 amide bonds. The van der Waals surface area contributed by atoms with E-state index in [0.717, 1.165) is 135 Å². The van der Waals surface area contributed by atoms with Gasteiger partial charge in [-0.3, -0.25) is 43.2 Å². The largest absolute Gasteiger partial charge is 0.481 e. The molecule has 0 heterocycles. The van der Waals surface area contributed by atoms with Crippen LogP contribution in [-0.4, -0.2) is 104 Å². The number of carbonyl (C=O) groups is 9. The molecule has 12 saturated carbocycles. The third-order valence-electron chi connectivity index (χ3n) is 40.0. The lowest BCUT2D eigenvalue weighted by atomic mass is 9.33. The molecule has 0 aromatic rings. The lowest BCUT2D eigenvalue weighted by molar-refractivity contribution is -0.210. The molecule has 0 aromatic heterocycles. The maximum atomic E-state index is 14.4. The van der Waals surface area contributed by atoms with Gasteiger partial charge in [0.15, 0.2) is 17.3 Å². The van der Waals surface area contributed by atoms with Crippen molar-refractivity contribution in [2.75, 3.05) is 0 Å². The van der Waals surface area contributed by atoms with Crippen molar-refractivity contribution in [3.63, 3.8) is 0 Å². The van der Waals surface area contributed by atoms with E-state index in [1.54, 1.807) is 0 Å². The van der Waals surface area contributed by atoms with Crippen molar-refractivity contribution in [2.45, 2.75) is 358 Å². The Labute approximate surface area is 682 Å². The summed E-state index contributed by atoms with van der Waals surface area (Å²) in [7, 11) is 0. The van der Waals surface area contributed by atoms with Gasteiger partial charge in [-0.05, 0) is 313 Å². The number of esters is 3. The fourth-order valence-electron chi connectivity index (χ4n) is 32.3. The number of carboxylic acids is 3. The van der Waals surface area contributed by atoms with Crippen LogP contribution >= 0.6 is 0 Å². The van der Waals surface area contributed by atoms with Crippen molar-refractivity contribution in [3.05, 3.63) is 34.9 Å². The summed E-state index contributed by atoms with van der Waals surface area (Å²) < 4.78 is 17.5. The second-order valence-electron chi connectivity index (χ2n) is 46.5. The van der Waals surface area contributed by atoms with Gasteiger partial charge in [0.25, 0.3) is 0 Å². The second kappa shape index (κ2) is 27.3. The number of carbonyl (C=O) groups excluding carboxylic acids is 6. The number of carboxylic acid groups (broad SMARTS) is 3. The third kappa shape index (κ3) is 12.2. The van der Waals surface area contributed by atoms with Crippen LogP contribution in [0.5, 0.6) is 0 Å². The predicted molar refractivity (Wildman–Crippen MR) is 434 cm³/mol. The van der Waals surface area contributed by atoms with Crippen LogP contribution in [0.4, 0.5) is 0 Å². The minimum Gasteiger partial charge on any atom is -0.481 e. The van der Waals surface area contributed by atoms with Gasteiger partial charge >= 0.3 is 35.8 Å². The molecule has 15 aliphatic carbocycles. The van der Waals surface area contributed by atoms with Gasteiger partial charge in [0.2, 0.25) is 0 Å². The highest BCUT2D eigenvalue weighted by Gasteiger charge is 2.75. The number of rotatable bonds is 6. The summed E-state index contributed by atoms with van der Waals surface area (Å²) in [6, 6.07) is 0. The number of ketones is 3. The molecule has 112 heavy (non-hydrogen) atoms. The first-order valence-electron chi connectivity index (χ1n) is 43.8. The summed E-state index contributed by atoms with van der Waals surface area (Å²) in [6.07, 6.45) is 30.0. The number of hydrogen-bond donors (Lipinski definition) is 3. The van der Waals surface area contributed by atoms with Crippen molar-refractivity contribution in [2.24, 2.45) is 151 Å². The normalized spacial score (nSPS) is 50.0. The molecule has 12 fully saturated rings. The number of hydrogen-bond acceptors (Lipinski definition) is 12. The van der Waals surface area contributed by atoms with Gasteiger partial charge in [0, 0.05) is 72.1 Å². The average Bonchev–Trinajstić information content (AvgIpc) is 0.681. The standard InChI is InChI=1S/3C32H48O5.Al/c3*1-19(33)37-24-10-11-30(6)23(27(24,2)3)9-12-32(8)25(30)22(34)17-20-21-18-29(5,26(35)36)14-13-28(21,4)15-16-31(20,32)7;/h3*17,21,23-25H,9-16,18H2,1-8H3,(H,35,36);/t3*21-,23-,24-,25+,28+,29-,30-,31+,32+;/m000./s1. The highest BCUT2D eigenvalue weighted by atomic mass is 27.0. The molecule has 15 aliphatic rings. The molecular weight excluding hydrogens is 1420 g/mol. The Bertz CT molecular complexity index is 3630. The van der Waals surface area contributed by atoms with Crippen molar-refractivity contribution < 1.29 is 72.7 Å². The minimum atomic E-state index is -0.729. The zero-order chi connectivity index (χ0) is 82.2. The van der Waals surface area contributed by atoms with E-state index in [1.165, 1.54) is 37.5 Å². The zero-order valence-electron chi connectivity index (χ0n) is 73.6. The van der Waals surface area contributed by atoms with Crippen LogP contribution in [-0.2, 0) is 57.4 Å². The fraction of sp³-hybridized carbons (Fsp3) is 0.844. The van der Waals surface area contributed by atoms with Crippen molar-refractivity contribution in [1.29, 1.82) is 0 Å². The van der Waals surface area contributed by atoms with Crippen LogP contribution in [0.15, 0.2) is 34.9 Å². The van der Waals surface area contributed by atoms with Gasteiger partial charge in [-0.25, -0.2) is 0 Å². The summed E-state index contributed by atoms with van der Waals surface area (Å²) in [6.45, 7) is 52.1.